The Balaban J connectivity index is 2.45. The first-order valence-electron chi connectivity index (χ1n) is 7.64. The fraction of sp³-hybridized carbons (Fsp3) is 1.00. The van der Waals surface area contributed by atoms with Gasteiger partial charge in [0.1, 0.15) is 0 Å². The molecule has 0 amide bonds. The summed E-state index contributed by atoms with van der Waals surface area (Å²) in [5.41, 5.74) is 0.399. The first kappa shape index (κ1) is 16.3. The van der Waals surface area contributed by atoms with E-state index < -0.39 is 0 Å². The van der Waals surface area contributed by atoms with Crippen LogP contribution in [0, 0.1) is 5.41 Å². The van der Waals surface area contributed by atoms with Crippen LogP contribution in [-0.4, -0.2) is 43.0 Å². The van der Waals surface area contributed by atoms with Gasteiger partial charge >= 0.3 is 0 Å². The first-order valence-corrected chi connectivity index (χ1v) is 8.27. The standard InChI is InChI=1S/C15H31NOS/c1-4-10-17-14-8-7-9-16(11-14)12-15(5-2,6-3)13-18/h14,18H,4-13H2,1-3H3. The zero-order valence-corrected chi connectivity index (χ0v) is 13.3. The molecule has 0 N–H and O–H groups in total. The monoisotopic (exact) mass is 273 g/mol. The molecule has 0 saturated carbocycles. The molecule has 0 spiro atoms. The van der Waals surface area contributed by atoms with E-state index in [-0.39, 0.29) is 0 Å². The van der Waals surface area contributed by atoms with Crippen molar-refractivity contribution >= 4 is 12.6 Å². The van der Waals surface area contributed by atoms with Crippen molar-refractivity contribution in [2.24, 2.45) is 5.41 Å². The zero-order valence-electron chi connectivity index (χ0n) is 12.5. The molecule has 1 saturated heterocycles. The summed E-state index contributed by atoms with van der Waals surface area (Å²) >= 11 is 4.58. The molecule has 1 fully saturated rings. The Morgan fingerprint density at radius 3 is 2.56 bits per heavy atom. The number of likely N-dealkylation sites (tertiary alicyclic amines) is 1. The topological polar surface area (TPSA) is 12.5 Å². The van der Waals surface area contributed by atoms with Crippen molar-refractivity contribution in [1.29, 1.82) is 0 Å². The van der Waals surface area contributed by atoms with Crippen LogP contribution in [0.5, 0.6) is 0 Å². The average molecular weight is 273 g/mol. The number of thiol groups is 1. The maximum atomic E-state index is 5.92. The molecule has 2 nitrogen and oxygen atoms in total. The lowest BCUT2D eigenvalue weighted by atomic mass is 9.83. The van der Waals surface area contributed by atoms with E-state index in [1.54, 1.807) is 0 Å². The van der Waals surface area contributed by atoms with E-state index >= 15 is 0 Å². The minimum atomic E-state index is 0.399. The normalized spacial score (nSPS) is 22.3. The molecule has 0 bridgehead atoms. The third-order valence-corrected chi connectivity index (χ3v) is 5.09. The van der Waals surface area contributed by atoms with Crippen molar-refractivity contribution in [3.05, 3.63) is 0 Å². The van der Waals surface area contributed by atoms with Crippen LogP contribution in [0.1, 0.15) is 52.9 Å². The summed E-state index contributed by atoms with van der Waals surface area (Å²) in [7, 11) is 0. The highest BCUT2D eigenvalue weighted by Crippen LogP contribution is 2.30. The number of nitrogens with zero attached hydrogens (tertiary/aromatic N) is 1. The van der Waals surface area contributed by atoms with Gasteiger partial charge in [-0.25, -0.2) is 0 Å². The van der Waals surface area contributed by atoms with Gasteiger partial charge in [-0.1, -0.05) is 20.8 Å². The quantitative estimate of drug-likeness (QED) is 0.678. The van der Waals surface area contributed by atoms with Crippen LogP contribution in [-0.2, 0) is 4.74 Å². The lowest BCUT2D eigenvalue weighted by Crippen LogP contribution is -2.46. The predicted octanol–water partition coefficient (Wildman–Crippen LogP) is 3.61. The second-order valence-corrected chi connectivity index (χ2v) is 6.05. The van der Waals surface area contributed by atoms with Crippen LogP contribution in [0.3, 0.4) is 0 Å². The summed E-state index contributed by atoms with van der Waals surface area (Å²) in [5, 5.41) is 0. The molecule has 0 aromatic heterocycles. The zero-order chi connectivity index (χ0) is 13.4. The van der Waals surface area contributed by atoms with Crippen LogP contribution in [0.15, 0.2) is 0 Å². The minimum Gasteiger partial charge on any atom is -0.377 e. The first-order chi connectivity index (χ1) is 8.69. The van der Waals surface area contributed by atoms with Crippen LogP contribution in [0.4, 0.5) is 0 Å². The number of hydrogen-bond acceptors (Lipinski definition) is 3. The molecular formula is C15H31NOS. The van der Waals surface area contributed by atoms with Gasteiger partial charge in [0.15, 0.2) is 0 Å². The average Bonchev–Trinajstić information content (AvgIpc) is 2.43. The van der Waals surface area contributed by atoms with Crippen LogP contribution < -0.4 is 0 Å². The molecule has 1 atom stereocenters. The third kappa shape index (κ3) is 4.75. The third-order valence-electron chi connectivity index (χ3n) is 4.41. The van der Waals surface area contributed by atoms with Gasteiger partial charge in [0.25, 0.3) is 0 Å². The van der Waals surface area contributed by atoms with Crippen molar-refractivity contribution in [1.82, 2.24) is 4.90 Å². The lowest BCUT2D eigenvalue weighted by molar-refractivity contribution is -0.0106. The smallest absolute Gasteiger partial charge is 0.0702 e. The van der Waals surface area contributed by atoms with Gasteiger partial charge < -0.3 is 9.64 Å². The van der Waals surface area contributed by atoms with Crippen LogP contribution in [0.2, 0.25) is 0 Å². The number of ether oxygens (including phenoxy) is 1. The highest BCUT2D eigenvalue weighted by Gasteiger charge is 2.30. The van der Waals surface area contributed by atoms with E-state index in [1.807, 2.05) is 0 Å². The summed E-state index contributed by atoms with van der Waals surface area (Å²) in [4.78, 5) is 2.60. The molecule has 0 aliphatic carbocycles. The van der Waals surface area contributed by atoms with Crippen LogP contribution in [0.25, 0.3) is 0 Å². The molecular weight excluding hydrogens is 242 g/mol. The van der Waals surface area contributed by atoms with Gasteiger partial charge in [0.05, 0.1) is 6.10 Å². The van der Waals surface area contributed by atoms with E-state index in [0.29, 0.717) is 11.5 Å². The largest absolute Gasteiger partial charge is 0.377 e. The maximum Gasteiger partial charge on any atom is 0.0702 e. The van der Waals surface area contributed by atoms with Crippen molar-refractivity contribution in [2.45, 2.75) is 59.0 Å². The Hall–Kier alpha value is 0.270. The fourth-order valence-corrected chi connectivity index (χ4v) is 3.35. The number of hydrogen-bond donors (Lipinski definition) is 1. The van der Waals surface area contributed by atoms with Gasteiger partial charge in [-0.3, -0.25) is 0 Å². The summed E-state index contributed by atoms with van der Waals surface area (Å²) in [5.74, 6) is 0.997. The molecule has 3 heteroatoms. The summed E-state index contributed by atoms with van der Waals surface area (Å²) in [6.07, 6.45) is 6.56. The molecule has 108 valence electrons. The van der Waals surface area contributed by atoms with Gasteiger partial charge in [-0.2, -0.15) is 12.6 Å². The second kappa shape index (κ2) is 8.44. The second-order valence-electron chi connectivity index (χ2n) is 5.74. The van der Waals surface area contributed by atoms with Gasteiger partial charge in [-0.15, -0.1) is 0 Å². The minimum absolute atomic E-state index is 0.399. The van der Waals surface area contributed by atoms with Gasteiger partial charge in [0.2, 0.25) is 0 Å². The molecule has 0 aromatic carbocycles. The maximum absolute atomic E-state index is 5.92. The molecule has 18 heavy (non-hydrogen) atoms. The Morgan fingerprint density at radius 2 is 2.00 bits per heavy atom. The van der Waals surface area contributed by atoms with Crippen molar-refractivity contribution in [3.63, 3.8) is 0 Å². The summed E-state index contributed by atoms with van der Waals surface area (Å²) in [6, 6.07) is 0. The van der Waals surface area contributed by atoms with E-state index in [0.717, 1.165) is 25.3 Å². The summed E-state index contributed by atoms with van der Waals surface area (Å²) < 4.78 is 5.92. The van der Waals surface area contributed by atoms with Crippen LogP contribution >= 0.6 is 12.6 Å². The Bertz CT molecular complexity index is 210. The Kier molecular flexibility index (Phi) is 7.66. The predicted molar refractivity (Wildman–Crippen MR) is 82.6 cm³/mol. The molecule has 1 unspecified atom stereocenters. The van der Waals surface area contributed by atoms with Gasteiger partial charge in [-0.05, 0) is 49.8 Å². The Labute approximate surface area is 119 Å². The molecule has 1 aliphatic heterocycles. The van der Waals surface area contributed by atoms with Crippen molar-refractivity contribution in [3.8, 4) is 0 Å². The molecule has 0 radical (unpaired) electrons. The number of rotatable bonds is 8. The molecule has 1 aliphatic rings. The van der Waals surface area contributed by atoms with E-state index in [1.165, 1.54) is 38.8 Å². The lowest BCUT2D eigenvalue weighted by Gasteiger charge is -2.40. The fourth-order valence-electron chi connectivity index (χ4n) is 2.80. The molecule has 0 aromatic rings. The Morgan fingerprint density at radius 1 is 1.28 bits per heavy atom. The highest BCUT2D eigenvalue weighted by molar-refractivity contribution is 7.80. The van der Waals surface area contributed by atoms with E-state index in [2.05, 4.69) is 38.3 Å². The van der Waals surface area contributed by atoms with Crippen molar-refractivity contribution in [2.75, 3.05) is 32.0 Å². The molecule has 1 heterocycles. The van der Waals surface area contributed by atoms with E-state index in [4.69, 9.17) is 4.74 Å². The van der Waals surface area contributed by atoms with E-state index in [9.17, 15) is 0 Å². The van der Waals surface area contributed by atoms with Crippen molar-refractivity contribution < 1.29 is 4.74 Å². The van der Waals surface area contributed by atoms with Gasteiger partial charge in [0, 0.05) is 19.7 Å². The molecule has 1 rings (SSSR count). The summed E-state index contributed by atoms with van der Waals surface area (Å²) in [6.45, 7) is 11.2. The highest BCUT2D eigenvalue weighted by atomic mass is 32.1. The number of piperidine rings is 1. The SMILES string of the molecule is CCCOC1CCCN(CC(CC)(CC)CS)C1.